The van der Waals surface area contributed by atoms with Gasteiger partial charge in [0.05, 0.1) is 29.8 Å². The molecule has 1 heterocycles. The third kappa shape index (κ3) is 4.57. The molecule has 21 heavy (non-hydrogen) atoms. The molecule has 0 amide bonds. The Morgan fingerprint density at radius 2 is 2.19 bits per heavy atom. The van der Waals surface area contributed by atoms with Gasteiger partial charge in [0.2, 0.25) is 0 Å². The van der Waals surface area contributed by atoms with Gasteiger partial charge in [-0.3, -0.25) is 0 Å². The van der Waals surface area contributed by atoms with Crippen LogP contribution in [-0.4, -0.2) is 11.6 Å². The number of thiazole rings is 1. The van der Waals surface area contributed by atoms with Gasteiger partial charge in [0.25, 0.3) is 0 Å². The molecule has 0 aliphatic carbocycles. The maximum atomic E-state index is 8.88. The molecule has 110 valence electrons. The molecule has 2 rings (SSSR count). The second-order valence-corrected chi connectivity index (χ2v) is 6.15. The first-order valence-electron chi connectivity index (χ1n) is 7.26. The van der Waals surface area contributed by atoms with Crippen LogP contribution in [0.1, 0.15) is 34.5 Å². The zero-order chi connectivity index (χ0) is 15.1. The number of nitriles is 1. The largest absolute Gasteiger partial charge is 0.493 e. The summed E-state index contributed by atoms with van der Waals surface area (Å²) in [6.07, 6.45) is 3.26. The summed E-state index contributed by atoms with van der Waals surface area (Å²) in [7, 11) is 0. The number of hydrogen-bond acceptors (Lipinski definition) is 4. The molecule has 0 fully saturated rings. The number of ether oxygens (including phenoxy) is 1. The van der Waals surface area contributed by atoms with Crippen LogP contribution in [0.5, 0.6) is 5.75 Å². The van der Waals surface area contributed by atoms with Crippen molar-refractivity contribution in [2.75, 3.05) is 6.61 Å². The van der Waals surface area contributed by atoms with Crippen molar-refractivity contribution in [1.82, 2.24) is 4.98 Å². The van der Waals surface area contributed by atoms with E-state index >= 15 is 0 Å². The van der Waals surface area contributed by atoms with Crippen LogP contribution in [0.2, 0.25) is 0 Å². The maximum absolute atomic E-state index is 8.88. The minimum Gasteiger partial charge on any atom is -0.493 e. The van der Waals surface area contributed by atoms with Crippen molar-refractivity contribution >= 4 is 11.3 Å². The summed E-state index contributed by atoms with van der Waals surface area (Å²) in [5, 5.41) is 9.94. The molecule has 1 aromatic carbocycles. The van der Waals surface area contributed by atoms with E-state index in [2.05, 4.69) is 31.0 Å². The molecule has 0 saturated carbocycles. The van der Waals surface area contributed by atoms with Gasteiger partial charge in [0, 0.05) is 11.3 Å². The van der Waals surface area contributed by atoms with E-state index in [9.17, 15) is 0 Å². The van der Waals surface area contributed by atoms with E-state index in [-0.39, 0.29) is 0 Å². The molecule has 0 radical (unpaired) electrons. The normalized spacial score (nSPS) is 10.3. The summed E-state index contributed by atoms with van der Waals surface area (Å²) in [6, 6.07) is 10.3. The van der Waals surface area contributed by atoms with E-state index in [1.165, 1.54) is 5.56 Å². The van der Waals surface area contributed by atoms with Crippen molar-refractivity contribution in [3.63, 3.8) is 0 Å². The standard InChI is InChI=1S/C17H20N2OS/c1-3-5-15-16(8-10-18)21-17(19-15)9-11-20-14-7-4-6-13(2)12-14/h4,6-7,12H,3,5,8-9,11H2,1-2H3. The van der Waals surface area contributed by atoms with Crippen molar-refractivity contribution in [2.45, 2.75) is 39.5 Å². The molecule has 0 aliphatic rings. The molecular weight excluding hydrogens is 280 g/mol. The van der Waals surface area contributed by atoms with Crippen LogP contribution >= 0.6 is 11.3 Å². The predicted molar refractivity (Wildman–Crippen MR) is 85.8 cm³/mol. The lowest BCUT2D eigenvalue weighted by molar-refractivity contribution is 0.321. The highest BCUT2D eigenvalue weighted by Gasteiger charge is 2.10. The van der Waals surface area contributed by atoms with Gasteiger partial charge in [0.1, 0.15) is 5.75 Å². The van der Waals surface area contributed by atoms with Gasteiger partial charge in [-0.05, 0) is 31.0 Å². The highest BCUT2D eigenvalue weighted by molar-refractivity contribution is 7.11. The van der Waals surface area contributed by atoms with Crippen molar-refractivity contribution in [3.05, 3.63) is 45.4 Å². The van der Waals surface area contributed by atoms with E-state index in [1.54, 1.807) is 11.3 Å². The zero-order valence-corrected chi connectivity index (χ0v) is 13.4. The summed E-state index contributed by atoms with van der Waals surface area (Å²) in [6.45, 7) is 4.81. The van der Waals surface area contributed by atoms with Gasteiger partial charge >= 0.3 is 0 Å². The minimum absolute atomic E-state index is 0.464. The Kier molecular flexibility index (Phi) is 5.77. The lowest BCUT2D eigenvalue weighted by Gasteiger charge is -2.05. The van der Waals surface area contributed by atoms with Crippen LogP contribution < -0.4 is 4.74 Å². The predicted octanol–water partition coefficient (Wildman–Crippen LogP) is 4.09. The first-order chi connectivity index (χ1) is 10.2. The lowest BCUT2D eigenvalue weighted by atomic mass is 10.2. The van der Waals surface area contributed by atoms with E-state index in [1.807, 2.05) is 18.2 Å². The molecule has 0 unspecified atom stereocenters. The van der Waals surface area contributed by atoms with Gasteiger partial charge in [-0.2, -0.15) is 5.26 Å². The molecule has 0 aliphatic heterocycles. The number of hydrogen-bond donors (Lipinski definition) is 0. The number of benzene rings is 1. The second-order valence-electron chi connectivity index (χ2n) is 4.98. The van der Waals surface area contributed by atoms with E-state index in [0.29, 0.717) is 13.0 Å². The fourth-order valence-corrected chi connectivity index (χ4v) is 3.18. The number of aromatic nitrogens is 1. The Morgan fingerprint density at radius 1 is 1.33 bits per heavy atom. The fraction of sp³-hybridized carbons (Fsp3) is 0.412. The molecule has 0 bridgehead atoms. The van der Waals surface area contributed by atoms with Crippen molar-refractivity contribution in [3.8, 4) is 11.8 Å². The van der Waals surface area contributed by atoms with Gasteiger partial charge in [-0.15, -0.1) is 11.3 Å². The van der Waals surface area contributed by atoms with Crippen LogP contribution in [0.15, 0.2) is 24.3 Å². The van der Waals surface area contributed by atoms with Crippen molar-refractivity contribution in [2.24, 2.45) is 0 Å². The molecular formula is C17H20N2OS. The molecule has 0 spiro atoms. The quantitative estimate of drug-likeness (QED) is 0.773. The Morgan fingerprint density at radius 3 is 2.90 bits per heavy atom. The van der Waals surface area contributed by atoms with Gasteiger partial charge in [-0.25, -0.2) is 4.98 Å². The average molecular weight is 300 g/mol. The van der Waals surface area contributed by atoms with Crippen LogP contribution in [0.25, 0.3) is 0 Å². The van der Waals surface area contributed by atoms with E-state index in [0.717, 1.165) is 40.6 Å². The number of nitrogens with zero attached hydrogens (tertiary/aromatic N) is 2. The van der Waals surface area contributed by atoms with Crippen LogP contribution in [0.4, 0.5) is 0 Å². The van der Waals surface area contributed by atoms with Crippen LogP contribution in [-0.2, 0) is 19.3 Å². The third-order valence-electron chi connectivity index (χ3n) is 3.12. The van der Waals surface area contributed by atoms with E-state index in [4.69, 9.17) is 10.00 Å². The topological polar surface area (TPSA) is 45.9 Å². The smallest absolute Gasteiger partial charge is 0.119 e. The Balaban J connectivity index is 1.94. The summed E-state index contributed by atoms with van der Waals surface area (Å²) in [5.41, 5.74) is 2.29. The minimum atomic E-state index is 0.464. The first-order valence-corrected chi connectivity index (χ1v) is 8.08. The van der Waals surface area contributed by atoms with Crippen molar-refractivity contribution < 1.29 is 4.74 Å². The number of aryl methyl sites for hydroxylation is 2. The monoisotopic (exact) mass is 300 g/mol. The molecule has 0 N–H and O–H groups in total. The summed E-state index contributed by atoms with van der Waals surface area (Å²) in [4.78, 5) is 5.77. The fourth-order valence-electron chi connectivity index (χ4n) is 2.15. The summed E-state index contributed by atoms with van der Waals surface area (Å²) >= 11 is 1.65. The second kappa shape index (κ2) is 7.80. The summed E-state index contributed by atoms with van der Waals surface area (Å²) in [5.74, 6) is 0.901. The molecule has 1 aromatic heterocycles. The molecule has 4 heteroatoms. The van der Waals surface area contributed by atoms with Gasteiger partial charge < -0.3 is 4.74 Å². The molecule has 0 atom stereocenters. The number of rotatable bonds is 7. The van der Waals surface area contributed by atoms with Gasteiger partial charge in [0.15, 0.2) is 0 Å². The summed E-state index contributed by atoms with van der Waals surface area (Å²) < 4.78 is 5.76. The molecule has 3 nitrogen and oxygen atoms in total. The average Bonchev–Trinajstić information content (AvgIpc) is 2.82. The van der Waals surface area contributed by atoms with Crippen LogP contribution in [0, 0.1) is 18.3 Å². The van der Waals surface area contributed by atoms with Gasteiger partial charge in [-0.1, -0.05) is 25.5 Å². The molecule has 2 aromatic rings. The third-order valence-corrected chi connectivity index (χ3v) is 4.28. The highest BCUT2D eigenvalue weighted by atomic mass is 32.1. The Hall–Kier alpha value is -1.86. The van der Waals surface area contributed by atoms with E-state index < -0.39 is 0 Å². The highest BCUT2D eigenvalue weighted by Crippen LogP contribution is 2.21. The maximum Gasteiger partial charge on any atom is 0.119 e. The van der Waals surface area contributed by atoms with Crippen molar-refractivity contribution in [1.29, 1.82) is 5.26 Å². The lowest BCUT2D eigenvalue weighted by Crippen LogP contribution is -2.01. The Labute approximate surface area is 130 Å². The zero-order valence-electron chi connectivity index (χ0n) is 12.6. The SMILES string of the molecule is CCCc1nc(CCOc2cccc(C)c2)sc1CC#N. The van der Waals surface area contributed by atoms with Crippen LogP contribution in [0.3, 0.4) is 0 Å². The Bertz CT molecular complexity index is 628. The first kappa shape index (κ1) is 15.5. The molecule has 0 saturated heterocycles.